The predicted molar refractivity (Wildman–Crippen MR) is 46.1 cm³/mol. The molecular formula is C9H17NO. The highest BCUT2D eigenvalue weighted by atomic mass is 16.6. The number of rotatable bonds is 4. The summed E-state index contributed by atoms with van der Waals surface area (Å²) in [4.78, 5) is 5.15. The number of hydroxylamine groups is 1. The van der Waals surface area contributed by atoms with Gasteiger partial charge in [-0.2, -0.15) is 5.48 Å². The lowest BCUT2D eigenvalue weighted by atomic mass is 10.1. The van der Waals surface area contributed by atoms with Gasteiger partial charge in [0.25, 0.3) is 0 Å². The molecule has 11 heavy (non-hydrogen) atoms. The molecule has 0 radical (unpaired) electrons. The van der Waals surface area contributed by atoms with Crippen molar-refractivity contribution in [3.8, 4) is 0 Å². The van der Waals surface area contributed by atoms with E-state index < -0.39 is 0 Å². The summed E-state index contributed by atoms with van der Waals surface area (Å²) in [6, 6.07) is 0.574. The first-order chi connectivity index (χ1) is 5.33. The quantitative estimate of drug-likeness (QED) is 0.380. The molecule has 0 aromatic heterocycles. The molecule has 2 heteroatoms. The van der Waals surface area contributed by atoms with Crippen LogP contribution in [0, 0.1) is 5.92 Å². The summed E-state index contributed by atoms with van der Waals surface area (Å²) in [5, 5.41) is 0. The summed E-state index contributed by atoms with van der Waals surface area (Å²) in [7, 11) is 0. The molecule has 1 saturated carbocycles. The van der Waals surface area contributed by atoms with Gasteiger partial charge in [-0.1, -0.05) is 13.0 Å². The van der Waals surface area contributed by atoms with Crippen LogP contribution in [0.3, 0.4) is 0 Å². The zero-order valence-corrected chi connectivity index (χ0v) is 7.18. The van der Waals surface area contributed by atoms with Gasteiger partial charge < -0.3 is 0 Å². The molecule has 0 aliphatic heterocycles. The van der Waals surface area contributed by atoms with E-state index in [1.165, 1.54) is 19.3 Å². The standard InChI is InChI=1S/C9H17NO/c1-3-6-11-10-9-5-4-8(2)7-9/h3,8-10H,1,4-7H2,2H3. The highest BCUT2D eigenvalue weighted by molar-refractivity contribution is 4.75. The summed E-state index contributed by atoms with van der Waals surface area (Å²) in [6.45, 7) is 6.46. The SMILES string of the molecule is C=CCONC1CCC(C)C1. The highest BCUT2D eigenvalue weighted by Gasteiger charge is 2.20. The second-order valence-corrected chi connectivity index (χ2v) is 3.33. The van der Waals surface area contributed by atoms with E-state index in [0.29, 0.717) is 12.6 Å². The van der Waals surface area contributed by atoms with E-state index in [9.17, 15) is 0 Å². The Kier molecular flexibility index (Phi) is 3.60. The molecule has 64 valence electrons. The Morgan fingerprint density at radius 1 is 1.64 bits per heavy atom. The molecule has 0 saturated heterocycles. The Morgan fingerprint density at radius 3 is 3.00 bits per heavy atom. The topological polar surface area (TPSA) is 21.3 Å². The van der Waals surface area contributed by atoms with Gasteiger partial charge in [0, 0.05) is 6.04 Å². The molecule has 0 spiro atoms. The van der Waals surface area contributed by atoms with Gasteiger partial charge >= 0.3 is 0 Å². The van der Waals surface area contributed by atoms with Crippen LogP contribution in [0.2, 0.25) is 0 Å². The minimum Gasteiger partial charge on any atom is -0.297 e. The third kappa shape index (κ3) is 3.04. The normalized spacial score (nSPS) is 30.6. The molecular weight excluding hydrogens is 138 g/mol. The van der Waals surface area contributed by atoms with Crippen molar-refractivity contribution < 1.29 is 4.84 Å². The van der Waals surface area contributed by atoms with Gasteiger partial charge in [-0.05, 0) is 25.2 Å². The summed E-state index contributed by atoms with van der Waals surface area (Å²) in [5.41, 5.74) is 3.04. The first-order valence-corrected chi connectivity index (χ1v) is 4.31. The maximum absolute atomic E-state index is 5.15. The fraction of sp³-hybridized carbons (Fsp3) is 0.778. The Bertz CT molecular complexity index is 125. The van der Waals surface area contributed by atoms with Crippen molar-refractivity contribution in [1.82, 2.24) is 5.48 Å². The van der Waals surface area contributed by atoms with Gasteiger partial charge in [0.05, 0.1) is 6.61 Å². The van der Waals surface area contributed by atoms with Crippen molar-refractivity contribution in [2.75, 3.05) is 6.61 Å². The van der Waals surface area contributed by atoms with Gasteiger partial charge in [-0.15, -0.1) is 6.58 Å². The molecule has 1 aliphatic rings. The molecule has 1 N–H and O–H groups in total. The van der Waals surface area contributed by atoms with Crippen molar-refractivity contribution >= 4 is 0 Å². The summed E-state index contributed by atoms with van der Waals surface area (Å²) < 4.78 is 0. The smallest absolute Gasteiger partial charge is 0.0861 e. The van der Waals surface area contributed by atoms with Crippen molar-refractivity contribution in [1.29, 1.82) is 0 Å². The third-order valence-electron chi connectivity index (χ3n) is 2.15. The van der Waals surface area contributed by atoms with E-state index in [1.54, 1.807) is 6.08 Å². The minimum atomic E-state index is 0.574. The van der Waals surface area contributed by atoms with Crippen LogP contribution in [0.15, 0.2) is 12.7 Å². The average molecular weight is 155 g/mol. The number of hydrogen-bond acceptors (Lipinski definition) is 2. The fourth-order valence-corrected chi connectivity index (χ4v) is 1.54. The second kappa shape index (κ2) is 4.52. The molecule has 2 atom stereocenters. The van der Waals surface area contributed by atoms with Crippen LogP contribution in [0.1, 0.15) is 26.2 Å². The minimum absolute atomic E-state index is 0.574. The fourth-order valence-electron chi connectivity index (χ4n) is 1.54. The van der Waals surface area contributed by atoms with Crippen LogP contribution in [-0.4, -0.2) is 12.6 Å². The number of nitrogens with one attached hydrogen (secondary N) is 1. The summed E-state index contributed by atoms with van der Waals surface area (Å²) in [6.07, 6.45) is 5.58. The molecule has 0 bridgehead atoms. The summed E-state index contributed by atoms with van der Waals surface area (Å²) >= 11 is 0. The van der Waals surface area contributed by atoms with Crippen molar-refractivity contribution in [2.45, 2.75) is 32.2 Å². The van der Waals surface area contributed by atoms with Gasteiger partial charge in [0.15, 0.2) is 0 Å². The molecule has 1 fully saturated rings. The molecule has 2 nitrogen and oxygen atoms in total. The Balaban J connectivity index is 2.03. The van der Waals surface area contributed by atoms with E-state index in [-0.39, 0.29) is 0 Å². The van der Waals surface area contributed by atoms with Gasteiger partial charge in [0.2, 0.25) is 0 Å². The van der Waals surface area contributed by atoms with Crippen LogP contribution in [0.25, 0.3) is 0 Å². The van der Waals surface area contributed by atoms with Crippen LogP contribution in [-0.2, 0) is 4.84 Å². The first kappa shape index (κ1) is 8.75. The van der Waals surface area contributed by atoms with E-state index in [0.717, 1.165) is 5.92 Å². The Hall–Kier alpha value is -0.340. The Labute approximate surface area is 68.6 Å². The molecule has 1 rings (SSSR count). The third-order valence-corrected chi connectivity index (χ3v) is 2.15. The van der Waals surface area contributed by atoms with Crippen molar-refractivity contribution in [3.63, 3.8) is 0 Å². The van der Waals surface area contributed by atoms with Gasteiger partial charge in [0.1, 0.15) is 0 Å². The van der Waals surface area contributed by atoms with E-state index in [1.807, 2.05) is 0 Å². The molecule has 1 aliphatic carbocycles. The Morgan fingerprint density at radius 2 is 2.45 bits per heavy atom. The monoisotopic (exact) mass is 155 g/mol. The maximum Gasteiger partial charge on any atom is 0.0861 e. The molecule has 0 amide bonds. The van der Waals surface area contributed by atoms with E-state index in [2.05, 4.69) is 19.0 Å². The largest absolute Gasteiger partial charge is 0.297 e. The van der Waals surface area contributed by atoms with Gasteiger partial charge in [-0.25, -0.2) is 0 Å². The average Bonchev–Trinajstić information content (AvgIpc) is 2.37. The summed E-state index contributed by atoms with van der Waals surface area (Å²) in [5.74, 6) is 0.861. The lowest BCUT2D eigenvalue weighted by Crippen LogP contribution is -2.26. The second-order valence-electron chi connectivity index (χ2n) is 3.33. The maximum atomic E-state index is 5.15. The molecule has 0 aromatic rings. The first-order valence-electron chi connectivity index (χ1n) is 4.31. The van der Waals surface area contributed by atoms with Crippen LogP contribution in [0.4, 0.5) is 0 Å². The predicted octanol–water partition coefficient (Wildman–Crippen LogP) is 1.88. The van der Waals surface area contributed by atoms with Crippen LogP contribution in [0.5, 0.6) is 0 Å². The van der Waals surface area contributed by atoms with E-state index >= 15 is 0 Å². The lowest BCUT2D eigenvalue weighted by Gasteiger charge is -2.10. The van der Waals surface area contributed by atoms with Crippen LogP contribution >= 0.6 is 0 Å². The van der Waals surface area contributed by atoms with Crippen LogP contribution < -0.4 is 5.48 Å². The van der Waals surface area contributed by atoms with Gasteiger partial charge in [-0.3, -0.25) is 4.84 Å². The lowest BCUT2D eigenvalue weighted by molar-refractivity contribution is 0.0358. The molecule has 2 unspecified atom stereocenters. The zero-order chi connectivity index (χ0) is 8.10. The number of hydrogen-bond donors (Lipinski definition) is 1. The van der Waals surface area contributed by atoms with Crippen molar-refractivity contribution in [3.05, 3.63) is 12.7 Å². The molecule has 0 aromatic carbocycles. The highest BCUT2D eigenvalue weighted by Crippen LogP contribution is 2.24. The zero-order valence-electron chi connectivity index (χ0n) is 7.18. The van der Waals surface area contributed by atoms with E-state index in [4.69, 9.17) is 4.84 Å². The molecule has 0 heterocycles. The van der Waals surface area contributed by atoms with Crippen molar-refractivity contribution in [2.24, 2.45) is 5.92 Å².